The number of carbonyl (C=O) groups is 5. The number of nitrogens with one attached hydrogen (secondary N) is 2. The van der Waals surface area contributed by atoms with E-state index in [0.717, 1.165) is 4.90 Å². The summed E-state index contributed by atoms with van der Waals surface area (Å²) in [6.07, 6.45) is -2.23. The van der Waals surface area contributed by atoms with Gasteiger partial charge in [-0.2, -0.15) is 0 Å². The number of amides is 4. The maximum atomic E-state index is 13.3. The van der Waals surface area contributed by atoms with E-state index >= 15 is 0 Å². The number of hydrogen-bond acceptors (Lipinski definition) is 14. The number of ketones is 1. The molecule has 7 N–H and O–H groups in total. The standard InChI is InChI=1S/C37H38ClN7O10/c38-22-9-8-18(28(48)31-29(49)30(50)37(55-31)44-14-12-21-32(39)41-17-42-33(21)44)16-25(22)54-15-3-5-19(46)4-2-13-40-23-7-1-6-20-27(23)36(53)45(35(20)52)24-10-11-26(47)43-34(24)51/h1,6-9,12,14,16-17,24,28-31,37,40,48-50H,2-5,10-11,13,15H2,(H2,39,41,42)(H,43,47,51)/t24?,28-,29+,30-,31-,37-/m1/s1. The highest BCUT2D eigenvalue weighted by Gasteiger charge is 2.48. The molecule has 0 aliphatic carbocycles. The van der Waals surface area contributed by atoms with E-state index in [-0.39, 0.29) is 65.8 Å². The van der Waals surface area contributed by atoms with E-state index in [0.29, 0.717) is 41.7 Å². The number of halogens is 1. The molecule has 0 radical (unpaired) electrons. The molecule has 2 aromatic heterocycles. The first kappa shape index (κ1) is 37.8. The molecular weight excluding hydrogens is 738 g/mol. The van der Waals surface area contributed by atoms with Gasteiger partial charge in [0.25, 0.3) is 11.8 Å². The Kier molecular flexibility index (Phi) is 10.8. The van der Waals surface area contributed by atoms with Gasteiger partial charge in [0, 0.05) is 37.7 Å². The summed E-state index contributed by atoms with van der Waals surface area (Å²) in [6.45, 7) is 0.486. The second-order valence-corrected chi connectivity index (χ2v) is 13.9. The van der Waals surface area contributed by atoms with Crippen molar-refractivity contribution in [3.63, 3.8) is 0 Å². The summed E-state index contributed by atoms with van der Waals surface area (Å²) in [6, 6.07) is 9.98. The first-order valence-corrected chi connectivity index (χ1v) is 18.1. The lowest BCUT2D eigenvalue weighted by molar-refractivity contribution is -0.136. The predicted octanol–water partition coefficient (Wildman–Crippen LogP) is 2.04. The van der Waals surface area contributed by atoms with Crippen LogP contribution in [0.4, 0.5) is 11.5 Å². The molecule has 55 heavy (non-hydrogen) atoms. The molecule has 288 valence electrons. The molecule has 1 unspecified atom stereocenters. The number of anilines is 2. The van der Waals surface area contributed by atoms with E-state index in [4.69, 9.17) is 26.8 Å². The van der Waals surface area contributed by atoms with E-state index in [1.54, 1.807) is 30.5 Å². The molecule has 2 aromatic carbocycles. The number of benzene rings is 2. The van der Waals surface area contributed by atoms with Gasteiger partial charge >= 0.3 is 0 Å². The van der Waals surface area contributed by atoms with Gasteiger partial charge in [-0.15, -0.1) is 0 Å². The molecule has 0 spiro atoms. The van der Waals surface area contributed by atoms with Crippen molar-refractivity contribution in [1.82, 2.24) is 24.8 Å². The summed E-state index contributed by atoms with van der Waals surface area (Å²) in [5.74, 6) is -1.86. The number of Topliss-reactive ketones (excluding diaryl/α,β-unsaturated/α-hetero) is 1. The average molecular weight is 776 g/mol. The van der Waals surface area contributed by atoms with Crippen LogP contribution >= 0.6 is 11.6 Å². The topological polar surface area (TPSA) is 249 Å². The number of imide groups is 2. The summed E-state index contributed by atoms with van der Waals surface area (Å²) in [4.78, 5) is 72.0. The zero-order chi connectivity index (χ0) is 39.0. The molecule has 3 aliphatic heterocycles. The van der Waals surface area contributed by atoms with E-state index in [2.05, 4.69) is 20.6 Å². The molecule has 4 aromatic rings. The van der Waals surface area contributed by atoms with Crippen molar-refractivity contribution < 1.29 is 48.8 Å². The molecule has 3 aliphatic rings. The number of nitrogen functional groups attached to an aromatic ring is 1. The normalized spacial score (nSPS) is 22.9. The van der Waals surface area contributed by atoms with Gasteiger partial charge in [0.05, 0.1) is 28.1 Å². The van der Waals surface area contributed by atoms with Crippen molar-refractivity contribution in [1.29, 1.82) is 0 Å². The fraction of sp³-hybridized carbons (Fsp3) is 0.378. The highest BCUT2D eigenvalue weighted by Crippen LogP contribution is 2.39. The van der Waals surface area contributed by atoms with Crippen LogP contribution in [0.5, 0.6) is 5.75 Å². The number of ether oxygens (including phenoxy) is 2. The van der Waals surface area contributed by atoms with Crippen LogP contribution in [0.2, 0.25) is 5.02 Å². The number of hydrogen-bond donors (Lipinski definition) is 6. The number of nitrogens with zero attached hydrogens (tertiary/aromatic N) is 4. The van der Waals surface area contributed by atoms with Gasteiger partial charge in [-0.05, 0) is 55.2 Å². The number of aromatic nitrogens is 3. The minimum atomic E-state index is -1.45. The third-order valence-corrected chi connectivity index (χ3v) is 10.3. The minimum Gasteiger partial charge on any atom is -0.492 e. The summed E-state index contributed by atoms with van der Waals surface area (Å²) < 4.78 is 13.3. The number of aliphatic hydroxyl groups is 3. The molecule has 4 amide bonds. The van der Waals surface area contributed by atoms with Crippen molar-refractivity contribution in [3.05, 3.63) is 76.7 Å². The Hall–Kier alpha value is -5.46. The van der Waals surface area contributed by atoms with E-state index in [9.17, 15) is 39.3 Å². The first-order chi connectivity index (χ1) is 26.4. The molecule has 0 saturated carbocycles. The van der Waals surface area contributed by atoms with Crippen LogP contribution in [0.25, 0.3) is 11.0 Å². The summed E-state index contributed by atoms with van der Waals surface area (Å²) in [7, 11) is 0. The zero-order valence-electron chi connectivity index (χ0n) is 29.3. The Morgan fingerprint density at radius 3 is 2.67 bits per heavy atom. The monoisotopic (exact) mass is 775 g/mol. The van der Waals surface area contributed by atoms with E-state index in [1.165, 1.54) is 29.1 Å². The maximum Gasteiger partial charge on any atom is 0.264 e. The number of fused-ring (bicyclic) bond motifs is 2. The van der Waals surface area contributed by atoms with Crippen molar-refractivity contribution in [2.24, 2.45) is 0 Å². The van der Waals surface area contributed by atoms with Gasteiger partial charge in [0.15, 0.2) is 6.23 Å². The molecule has 2 saturated heterocycles. The van der Waals surface area contributed by atoms with Crippen LogP contribution in [0.3, 0.4) is 0 Å². The number of piperidine rings is 1. The van der Waals surface area contributed by atoms with Gasteiger partial charge < -0.3 is 40.4 Å². The molecule has 6 atom stereocenters. The highest BCUT2D eigenvalue weighted by molar-refractivity contribution is 6.32. The van der Waals surface area contributed by atoms with Crippen molar-refractivity contribution >= 4 is 63.6 Å². The molecule has 17 nitrogen and oxygen atoms in total. The van der Waals surface area contributed by atoms with Gasteiger partial charge in [-0.1, -0.05) is 23.7 Å². The predicted molar refractivity (Wildman–Crippen MR) is 195 cm³/mol. The SMILES string of the molecule is Nc1ncnc2c1ccn2[C@@H]1O[C@H]([C@H](O)c2ccc(Cl)c(OCCCC(=O)CCCNc3cccc4c3C(=O)N(C3CCC(=O)NC3=O)C4=O)c2)[C@@H](O)[C@H]1O. The van der Waals surface area contributed by atoms with Crippen LogP contribution in [0, 0.1) is 0 Å². The molecule has 7 rings (SSSR count). The maximum absolute atomic E-state index is 13.3. The van der Waals surface area contributed by atoms with Crippen LogP contribution in [-0.4, -0.2) is 102 Å². The molecular formula is C37H38ClN7O10. The molecule has 5 heterocycles. The molecule has 18 heteroatoms. The fourth-order valence-corrected chi connectivity index (χ4v) is 7.30. The number of carbonyl (C=O) groups excluding carboxylic acids is 5. The molecule has 2 fully saturated rings. The smallest absolute Gasteiger partial charge is 0.264 e. The van der Waals surface area contributed by atoms with Crippen LogP contribution in [0.1, 0.15) is 77.1 Å². The van der Waals surface area contributed by atoms with Crippen molar-refractivity contribution in [3.8, 4) is 5.75 Å². The first-order valence-electron chi connectivity index (χ1n) is 17.7. The minimum absolute atomic E-state index is 0.0145. The van der Waals surface area contributed by atoms with Gasteiger partial charge in [0.1, 0.15) is 59.8 Å². The Morgan fingerprint density at radius 2 is 1.87 bits per heavy atom. The summed E-state index contributed by atoms with van der Waals surface area (Å²) in [5, 5.41) is 39.0. The fourth-order valence-electron chi connectivity index (χ4n) is 7.12. The number of aliphatic hydroxyl groups excluding tert-OH is 3. The number of rotatable bonds is 14. The third kappa shape index (κ3) is 7.36. The summed E-state index contributed by atoms with van der Waals surface area (Å²) >= 11 is 6.36. The average Bonchev–Trinajstić information content (AvgIpc) is 3.81. The van der Waals surface area contributed by atoms with Crippen LogP contribution in [-0.2, 0) is 19.1 Å². The third-order valence-electron chi connectivity index (χ3n) is 9.97. The lowest BCUT2D eigenvalue weighted by Crippen LogP contribution is -2.54. The van der Waals surface area contributed by atoms with Crippen molar-refractivity contribution in [2.45, 2.75) is 75.2 Å². The quantitative estimate of drug-likeness (QED) is 0.0793. The second kappa shape index (κ2) is 15.7. The Morgan fingerprint density at radius 1 is 1.07 bits per heavy atom. The Balaban J connectivity index is 0.873. The van der Waals surface area contributed by atoms with Crippen LogP contribution in [0.15, 0.2) is 55.0 Å². The highest BCUT2D eigenvalue weighted by atomic mass is 35.5. The van der Waals surface area contributed by atoms with Gasteiger partial charge in [0.2, 0.25) is 11.8 Å². The van der Waals surface area contributed by atoms with Crippen molar-refractivity contribution in [2.75, 3.05) is 24.2 Å². The molecule has 0 bridgehead atoms. The van der Waals surface area contributed by atoms with Gasteiger partial charge in [-0.25, -0.2) is 9.97 Å². The Labute approximate surface area is 318 Å². The summed E-state index contributed by atoms with van der Waals surface area (Å²) in [5.41, 5.74) is 7.37. The Bertz CT molecular complexity index is 2180. The second-order valence-electron chi connectivity index (χ2n) is 13.5. The van der Waals surface area contributed by atoms with E-state index < -0.39 is 60.3 Å². The lowest BCUT2D eigenvalue weighted by Gasteiger charge is -2.27. The van der Waals surface area contributed by atoms with Crippen LogP contribution < -0.4 is 21.1 Å². The lowest BCUT2D eigenvalue weighted by atomic mass is 9.99. The zero-order valence-corrected chi connectivity index (χ0v) is 30.0. The largest absolute Gasteiger partial charge is 0.492 e. The number of nitrogens with two attached hydrogens (primary N) is 1. The van der Waals surface area contributed by atoms with E-state index in [1.807, 2.05) is 0 Å². The van der Waals surface area contributed by atoms with Gasteiger partial charge in [-0.3, -0.25) is 34.2 Å².